The Morgan fingerprint density at radius 3 is 2.31 bits per heavy atom. The Morgan fingerprint density at radius 1 is 1.25 bits per heavy atom. The molecule has 1 unspecified atom stereocenters. The number of carbonyl (C=O) groups excluding carboxylic acids is 2. The summed E-state index contributed by atoms with van der Waals surface area (Å²) in [6, 6.07) is 5.97. The maximum Gasteiger partial charge on any atom is 0.335 e. The van der Waals surface area contributed by atoms with Crippen molar-refractivity contribution in [3.8, 4) is 0 Å². The number of aromatic carboxylic acids is 1. The molecule has 82 valence electrons. The van der Waals surface area contributed by atoms with Crippen molar-refractivity contribution in [3.05, 3.63) is 35.4 Å². The van der Waals surface area contributed by atoms with E-state index in [1.165, 1.54) is 12.1 Å². The van der Waals surface area contributed by atoms with Crippen molar-refractivity contribution in [2.24, 2.45) is 0 Å². The van der Waals surface area contributed by atoms with Gasteiger partial charge in [-0.1, -0.05) is 12.1 Å². The average molecular weight is 219 g/mol. The molecule has 1 aliphatic heterocycles. The predicted octanol–water partition coefficient (Wildman–Crippen LogP) is 0.515. The van der Waals surface area contributed by atoms with Crippen LogP contribution < -0.4 is 5.32 Å². The van der Waals surface area contributed by atoms with Crippen LogP contribution in [0.4, 0.5) is 0 Å². The van der Waals surface area contributed by atoms with Crippen LogP contribution in [0.15, 0.2) is 24.3 Å². The van der Waals surface area contributed by atoms with Crippen molar-refractivity contribution < 1.29 is 19.5 Å². The Morgan fingerprint density at radius 2 is 1.88 bits per heavy atom. The van der Waals surface area contributed by atoms with E-state index in [2.05, 4.69) is 5.32 Å². The molecule has 2 amide bonds. The van der Waals surface area contributed by atoms with E-state index in [0.717, 1.165) is 0 Å². The Labute approximate surface area is 91.1 Å². The maximum atomic E-state index is 11.4. The summed E-state index contributed by atoms with van der Waals surface area (Å²) in [6.45, 7) is 0. The third-order valence-electron chi connectivity index (χ3n) is 2.53. The van der Waals surface area contributed by atoms with Gasteiger partial charge in [0, 0.05) is 6.42 Å². The van der Waals surface area contributed by atoms with E-state index in [9.17, 15) is 14.4 Å². The number of carboxylic acids is 1. The first kappa shape index (κ1) is 10.4. The summed E-state index contributed by atoms with van der Waals surface area (Å²) in [5, 5.41) is 10.9. The zero-order chi connectivity index (χ0) is 11.7. The van der Waals surface area contributed by atoms with E-state index < -0.39 is 11.9 Å². The second-order valence-corrected chi connectivity index (χ2v) is 3.60. The summed E-state index contributed by atoms with van der Waals surface area (Å²) in [5.41, 5.74) is 0.821. The van der Waals surface area contributed by atoms with E-state index in [-0.39, 0.29) is 23.8 Å². The van der Waals surface area contributed by atoms with Crippen LogP contribution >= 0.6 is 0 Å². The molecule has 5 nitrogen and oxygen atoms in total. The molecular weight excluding hydrogens is 210 g/mol. The third-order valence-corrected chi connectivity index (χ3v) is 2.53. The summed E-state index contributed by atoms with van der Waals surface area (Å²) >= 11 is 0. The topological polar surface area (TPSA) is 83.5 Å². The fourth-order valence-corrected chi connectivity index (χ4v) is 1.68. The number of benzene rings is 1. The number of rotatable bonds is 2. The van der Waals surface area contributed by atoms with Crippen LogP contribution in [0.2, 0.25) is 0 Å². The predicted molar refractivity (Wildman–Crippen MR) is 53.9 cm³/mol. The Kier molecular flexibility index (Phi) is 2.44. The lowest BCUT2D eigenvalue weighted by Crippen LogP contribution is -2.21. The molecule has 5 heteroatoms. The van der Waals surface area contributed by atoms with Gasteiger partial charge >= 0.3 is 5.97 Å². The van der Waals surface area contributed by atoms with Gasteiger partial charge in [0.2, 0.25) is 11.8 Å². The van der Waals surface area contributed by atoms with Crippen LogP contribution in [-0.4, -0.2) is 22.9 Å². The van der Waals surface area contributed by atoms with E-state index in [1.807, 2.05) is 0 Å². The standard InChI is InChI=1S/C11H9NO4/c13-9-5-8(10(14)12-9)6-1-3-7(4-2-6)11(15)16/h1-4,8H,5H2,(H,15,16)(H,12,13,14). The molecule has 1 aromatic rings. The molecule has 1 heterocycles. The van der Waals surface area contributed by atoms with Crippen LogP contribution in [-0.2, 0) is 9.59 Å². The highest BCUT2D eigenvalue weighted by Gasteiger charge is 2.31. The average Bonchev–Trinajstić information content (AvgIpc) is 2.58. The summed E-state index contributed by atoms with van der Waals surface area (Å²) < 4.78 is 0. The highest BCUT2D eigenvalue weighted by molar-refractivity contribution is 6.06. The minimum atomic E-state index is -1.02. The number of carbonyl (C=O) groups is 3. The van der Waals surface area contributed by atoms with Crippen LogP contribution in [0.25, 0.3) is 0 Å². The third kappa shape index (κ3) is 1.79. The molecular formula is C11H9NO4. The minimum absolute atomic E-state index is 0.130. The van der Waals surface area contributed by atoms with Gasteiger partial charge in [-0.25, -0.2) is 4.79 Å². The molecule has 1 aromatic carbocycles. The largest absolute Gasteiger partial charge is 0.478 e. The molecule has 16 heavy (non-hydrogen) atoms. The monoisotopic (exact) mass is 219 g/mol. The van der Waals surface area contributed by atoms with Crippen molar-refractivity contribution in [1.82, 2.24) is 5.32 Å². The van der Waals surface area contributed by atoms with E-state index in [1.54, 1.807) is 12.1 Å². The second kappa shape index (κ2) is 3.77. The molecule has 2 N–H and O–H groups in total. The van der Waals surface area contributed by atoms with Crippen molar-refractivity contribution in [3.63, 3.8) is 0 Å². The first-order valence-corrected chi connectivity index (χ1v) is 4.75. The molecule has 0 radical (unpaired) electrons. The van der Waals surface area contributed by atoms with Gasteiger partial charge in [0.05, 0.1) is 11.5 Å². The van der Waals surface area contributed by atoms with E-state index in [4.69, 9.17) is 5.11 Å². The van der Waals surface area contributed by atoms with Crippen molar-refractivity contribution in [1.29, 1.82) is 0 Å². The van der Waals surface area contributed by atoms with Gasteiger partial charge in [0.1, 0.15) is 0 Å². The van der Waals surface area contributed by atoms with Gasteiger partial charge in [-0.2, -0.15) is 0 Å². The fraction of sp³-hybridized carbons (Fsp3) is 0.182. The number of carboxylic acid groups (broad SMARTS) is 1. The maximum absolute atomic E-state index is 11.4. The lowest BCUT2D eigenvalue weighted by molar-refractivity contribution is -0.125. The molecule has 0 aromatic heterocycles. The van der Waals surface area contributed by atoms with Crippen molar-refractivity contribution in [2.45, 2.75) is 12.3 Å². The van der Waals surface area contributed by atoms with Gasteiger partial charge in [0.25, 0.3) is 0 Å². The highest BCUT2D eigenvalue weighted by Crippen LogP contribution is 2.24. The zero-order valence-corrected chi connectivity index (χ0v) is 8.27. The summed E-state index contributed by atoms with van der Waals surface area (Å²) in [4.78, 5) is 33.0. The normalized spacial score (nSPS) is 19.6. The first-order chi connectivity index (χ1) is 7.58. The summed E-state index contributed by atoms with van der Waals surface area (Å²) in [7, 11) is 0. The molecule has 1 saturated heterocycles. The molecule has 1 fully saturated rings. The van der Waals surface area contributed by atoms with Gasteiger partial charge in [-0.05, 0) is 17.7 Å². The fourth-order valence-electron chi connectivity index (χ4n) is 1.68. The van der Waals surface area contributed by atoms with E-state index >= 15 is 0 Å². The molecule has 0 aliphatic carbocycles. The van der Waals surface area contributed by atoms with Crippen LogP contribution in [0.3, 0.4) is 0 Å². The van der Waals surface area contributed by atoms with Gasteiger partial charge < -0.3 is 5.11 Å². The van der Waals surface area contributed by atoms with Gasteiger partial charge in [-0.15, -0.1) is 0 Å². The Balaban J connectivity index is 2.25. The number of hydrogen-bond donors (Lipinski definition) is 2. The van der Waals surface area contributed by atoms with Crippen molar-refractivity contribution >= 4 is 17.8 Å². The minimum Gasteiger partial charge on any atom is -0.478 e. The van der Waals surface area contributed by atoms with Crippen LogP contribution in [0.1, 0.15) is 28.3 Å². The van der Waals surface area contributed by atoms with Crippen LogP contribution in [0.5, 0.6) is 0 Å². The summed E-state index contributed by atoms with van der Waals surface area (Å²) in [5.74, 6) is -2.13. The quantitative estimate of drug-likeness (QED) is 0.710. The molecule has 1 aliphatic rings. The Hall–Kier alpha value is -2.17. The number of nitrogens with one attached hydrogen (secondary N) is 1. The second-order valence-electron chi connectivity index (χ2n) is 3.60. The highest BCUT2D eigenvalue weighted by atomic mass is 16.4. The zero-order valence-electron chi connectivity index (χ0n) is 8.27. The summed E-state index contributed by atoms with van der Waals surface area (Å²) in [6.07, 6.45) is 0.130. The van der Waals surface area contributed by atoms with Crippen molar-refractivity contribution in [2.75, 3.05) is 0 Å². The lowest BCUT2D eigenvalue weighted by atomic mass is 9.96. The SMILES string of the molecule is O=C1CC(c2ccc(C(=O)O)cc2)C(=O)N1. The lowest BCUT2D eigenvalue weighted by Gasteiger charge is -2.05. The number of hydrogen-bond acceptors (Lipinski definition) is 3. The molecule has 0 spiro atoms. The molecule has 0 bridgehead atoms. The molecule has 2 rings (SSSR count). The first-order valence-electron chi connectivity index (χ1n) is 4.75. The van der Waals surface area contributed by atoms with E-state index in [0.29, 0.717) is 5.56 Å². The van der Waals surface area contributed by atoms with Crippen LogP contribution in [0, 0.1) is 0 Å². The molecule has 0 saturated carbocycles. The smallest absolute Gasteiger partial charge is 0.335 e. The molecule has 1 atom stereocenters. The van der Waals surface area contributed by atoms with Gasteiger partial charge in [-0.3, -0.25) is 14.9 Å². The van der Waals surface area contributed by atoms with Gasteiger partial charge in [0.15, 0.2) is 0 Å². The Bertz CT molecular complexity index is 463. The number of amides is 2. The number of imide groups is 1.